The Morgan fingerprint density at radius 1 is 1.33 bits per heavy atom. The van der Waals surface area contributed by atoms with Crippen LogP contribution in [0.5, 0.6) is 5.88 Å². The van der Waals surface area contributed by atoms with Crippen LogP contribution in [-0.4, -0.2) is 56.7 Å². The first kappa shape index (κ1) is 21.8. The van der Waals surface area contributed by atoms with Crippen molar-refractivity contribution in [3.63, 3.8) is 0 Å². The number of hydrogen-bond donors (Lipinski definition) is 2. The molecule has 160 valence electrons. The molecule has 1 amide bonds. The lowest BCUT2D eigenvalue weighted by Gasteiger charge is -2.10. The zero-order valence-corrected chi connectivity index (χ0v) is 16.2. The zero-order valence-electron chi connectivity index (χ0n) is 15.5. The minimum absolute atomic E-state index is 0.0352. The molecule has 0 aliphatic heterocycles. The quantitative estimate of drug-likeness (QED) is 0.519. The standard InChI is InChI=1S/C18H17ClF3N5O3/c19-13-6-11(7-25-17(13)30-10-18(20,21)22)8-27-9-12-14(26-27)2-4-23-15(12)16(29)24-3-1-5-28/h2,4,6-7,9,28H,1,3,5,8,10H2,(H,24,29). The maximum Gasteiger partial charge on any atom is 0.422 e. The molecule has 0 aliphatic rings. The Balaban J connectivity index is 1.75. The van der Waals surface area contributed by atoms with Crippen LogP contribution in [-0.2, 0) is 6.54 Å². The molecule has 30 heavy (non-hydrogen) atoms. The molecule has 3 rings (SSSR count). The summed E-state index contributed by atoms with van der Waals surface area (Å²) in [6.07, 6.45) is 0.369. The molecule has 3 aromatic rings. The van der Waals surface area contributed by atoms with Crippen LogP contribution in [0.4, 0.5) is 13.2 Å². The number of aliphatic hydroxyl groups excluding tert-OH is 1. The van der Waals surface area contributed by atoms with Gasteiger partial charge in [-0.25, -0.2) is 4.98 Å². The Hall–Kier alpha value is -2.92. The van der Waals surface area contributed by atoms with Crippen molar-refractivity contribution in [2.75, 3.05) is 19.8 Å². The first-order chi connectivity index (χ1) is 14.3. The summed E-state index contributed by atoms with van der Waals surface area (Å²) in [6, 6.07) is 3.09. The summed E-state index contributed by atoms with van der Waals surface area (Å²) in [4.78, 5) is 20.2. The van der Waals surface area contributed by atoms with Gasteiger partial charge in [0.1, 0.15) is 10.7 Å². The minimum atomic E-state index is -4.49. The van der Waals surface area contributed by atoms with Gasteiger partial charge >= 0.3 is 6.18 Å². The number of halogens is 4. The predicted molar refractivity (Wildman–Crippen MR) is 101 cm³/mol. The molecule has 0 fully saturated rings. The second-order valence-electron chi connectivity index (χ2n) is 6.29. The summed E-state index contributed by atoms with van der Waals surface area (Å²) in [6.45, 7) is -0.993. The lowest BCUT2D eigenvalue weighted by atomic mass is 10.2. The average molecular weight is 444 g/mol. The van der Waals surface area contributed by atoms with Crippen molar-refractivity contribution in [3.05, 3.63) is 47.0 Å². The Morgan fingerprint density at radius 2 is 2.13 bits per heavy atom. The number of pyridine rings is 2. The van der Waals surface area contributed by atoms with Crippen LogP contribution in [0.25, 0.3) is 10.9 Å². The Bertz CT molecular complexity index is 1040. The van der Waals surface area contributed by atoms with Crippen molar-refractivity contribution < 1.29 is 27.8 Å². The van der Waals surface area contributed by atoms with Gasteiger partial charge in [0.15, 0.2) is 6.61 Å². The number of nitrogens with one attached hydrogen (secondary N) is 1. The average Bonchev–Trinajstić information content (AvgIpc) is 3.09. The molecular weight excluding hydrogens is 427 g/mol. The number of carbonyl (C=O) groups is 1. The number of hydrogen-bond acceptors (Lipinski definition) is 6. The van der Waals surface area contributed by atoms with E-state index in [1.807, 2.05) is 0 Å². The fraction of sp³-hybridized carbons (Fsp3) is 0.333. The number of aliphatic hydroxyl groups is 1. The zero-order chi connectivity index (χ0) is 21.7. The maximum atomic E-state index is 12.3. The van der Waals surface area contributed by atoms with Gasteiger partial charge in [-0.3, -0.25) is 14.5 Å². The van der Waals surface area contributed by atoms with Crippen molar-refractivity contribution in [1.29, 1.82) is 0 Å². The fourth-order valence-electron chi connectivity index (χ4n) is 2.62. The molecule has 0 aliphatic carbocycles. The molecule has 0 unspecified atom stereocenters. The highest BCUT2D eigenvalue weighted by molar-refractivity contribution is 6.31. The highest BCUT2D eigenvalue weighted by Gasteiger charge is 2.29. The number of carbonyl (C=O) groups excluding carboxylic acids is 1. The van der Waals surface area contributed by atoms with E-state index in [-0.39, 0.29) is 35.7 Å². The van der Waals surface area contributed by atoms with Crippen molar-refractivity contribution in [1.82, 2.24) is 25.1 Å². The third-order valence-corrected chi connectivity index (χ3v) is 4.17. The normalized spacial score (nSPS) is 11.6. The second-order valence-corrected chi connectivity index (χ2v) is 6.69. The highest BCUT2D eigenvalue weighted by Crippen LogP contribution is 2.25. The SMILES string of the molecule is O=C(NCCCO)c1nccc2nn(Cc3cnc(OCC(F)(F)F)c(Cl)c3)cc12. The van der Waals surface area contributed by atoms with Crippen LogP contribution >= 0.6 is 11.6 Å². The van der Waals surface area contributed by atoms with Crippen LogP contribution in [0.3, 0.4) is 0 Å². The summed E-state index contributed by atoms with van der Waals surface area (Å²) < 4.78 is 42.9. The van der Waals surface area contributed by atoms with E-state index in [1.54, 1.807) is 16.9 Å². The smallest absolute Gasteiger partial charge is 0.422 e. The van der Waals surface area contributed by atoms with E-state index in [0.29, 0.717) is 29.4 Å². The number of aromatic nitrogens is 4. The van der Waals surface area contributed by atoms with Crippen molar-refractivity contribution in [3.8, 4) is 5.88 Å². The van der Waals surface area contributed by atoms with Crippen LogP contribution in [0, 0.1) is 0 Å². The molecule has 0 bridgehead atoms. The third kappa shape index (κ3) is 5.57. The lowest BCUT2D eigenvalue weighted by Crippen LogP contribution is -2.26. The van der Waals surface area contributed by atoms with Gasteiger partial charge in [0.25, 0.3) is 5.91 Å². The number of ether oxygens (including phenoxy) is 1. The molecule has 0 saturated carbocycles. The number of rotatable bonds is 8. The maximum absolute atomic E-state index is 12.3. The first-order valence-corrected chi connectivity index (χ1v) is 9.20. The van der Waals surface area contributed by atoms with Gasteiger partial charge in [0.05, 0.1) is 17.4 Å². The highest BCUT2D eigenvalue weighted by atomic mass is 35.5. The molecule has 0 radical (unpaired) electrons. The van der Waals surface area contributed by atoms with Crippen LogP contribution < -0.4 is 10.1 Å². The Morgan fingerprint density at radius 3 is 2.83 bits per heavy atom. The van der Waals surface area contributed by atoms with E-state index in [0.717, 1.165) is 0 Å². The number of fused-ring (bicyclic) bond motifs is 1. The molecule has 12 heteroatoms. The predicted octanol–water partition coefficient (Wildman–Crippen LogP) is 2.58. The molecule has 8 nitrogen and oxygen atoms in total. The van der Waals surface area contributed by atoms with E-state index >= 15 is 0 Å². The van der Waals surface area contributed by atoms with Crippen molar-refractivity contribution in [2.45, 2.75) is 19.1 Å². The molecule has 2 N–H and O–H groups in total. The lowest BCUT2D eigenvalue weighted by molar-refractivity contribution is -0.154. The van der Waals surface area contributed by atoms with E-state index < -0.39 is 12.8 Å². The Kier molecular flexibility index (Phi) is 6.73. The molecular formula is C18H17ClF3N5O3. The minimum Gasteiger partial charge on any atom is -0.467 e. The van der Waals surface area contributed by atoms with Crippen LogP contribution in [0.2, 0.25) is 5.02 Å². The third-order valence-electron chi connectivity index (χ3n) is 3.90. The van der Waals surface area contributed by atoms with Crippen molar-refractivity contribution in [2.24, 2.45) is 0 Å². The fourth-order valence-corrected chi connectivity index (χ4v) is 2.86. The van der Waals surface area contributed by atoms with E-state index in [9.17, 15) is 18.0 Å². The summed E-state index contributed by atoms with van der Waals surface area (Å²) >= 11 is 5.97. The van der Waals surface area contributed by atoms with Gasteiger partial charge < -0.3 is 15.2 Å². The molecule has 0 atom stereocenters. The summed E-state index contributed by atoms with van der Waals surface area (Å²) in [5.41, 5.74) is 1.32. The van der Waals surface area contributed by atoms with E-state index in [2.05, 4.69) is 25.1 Å². The van der Waals surface area contributed by atoms with E-state index in [1.165, 1.54) is 18.5 Å². The number of amides is 1. The molecule has 0 spiro atoms. The van der Waals surface area contributed by atoms with Gasteiger partial charge in [0, 0.05) is 31.7 Å². The van der Waals surface area contributed by atoms with Gasteiger partial charge in [-0.05, 0) is 24.1 Å². The Labute approximate surface area is 173 Å². The molecule has 0 aromatic carbocycles. The largest absolute Gasteiger partial charge is 0.467 e. The van der Waals surface area contributed by atoms with Gasteiger partial charge in [0.2, 0.25) is 5.88 Å². The van der Waals surface area contributed by atoms with Crippen LogP contribution in [0.1, 0.15) is 22.5 Å². The molecule has 0 saturated heterocycles. The molecule has 3 heterocycles. The van der Waals surface area contributed by atoms with Gasteiger partial charge in [-0.2, -0.15) is 18.3 Å². The first-order valence-electron chi connectivity index (χ1n) is 8.82. The van der Waals surface area contributed by atoms with Gasteiger partial charge in [-0.15, -0.1) is 0 Å². The van der Waals surface area contributed by atoms with E-state index in [4.69, 9.17) is 16.7 Å². The molecule has 3 aromatic heterocycles. The topological polar surface area (TPSA) is 102 Å². The monoisotopic (exact) mass is 443 g/mol. The summed E-state index contributed by atoms with van der Waals surface area (Å²) in [5, 5.41) is 16.3. The second kappa shape index (κ2) is 9.26. The number of nitrogens with zero attached hydrogens (tertiary/aromatic N) is 4. The van der Waals surface area contributed by atoms with Crippen molar-refractivity contribution >= 4 is 28.4 Å². The van der Waals surface area contributed by atoms with Crippen LogP contribution in [0.15, 0.2) is 30.7 Å². The summed E-state index contributed by atoms with van der Waals surface area (Å²) in [7, 11) is 0. The van der Waals surface area contributed by atoms with Gasteiger partial charge in [-0.1, -0.05) is 11.6 Å². The summed E-state index contributed by atoms with van der Waals surface area (Å²) in [5.74, 6) is -0.695. The number of alkyl halides is 3.